The summed E-state index contributed by atoms with van der Waals surface area (Å²) in [7, 11) is 5.46. The maximum Gasteiger partial charge on any atom is 0.357 e. The van der Waals surface area contributed by atoms with Gasteiger partial charge >= 0.3 is 5.97 Å². The first-order chi connectivity index (χ1) is 8.49. The second-order valence-electron chi connectivity index (χ2n) is 4.40. The van der Waals surface area contributed by atoms with E-state index >= 15 is 0 Å². The quantitative estimate of drug-likeness (QED) is 0.737. The number of rotatable bonds is 6. The van der Waals surface area contributed by atoms with Gasteiger partial charge in [-0.3, -0.25) is 0 Å². The fourth-order valence-electron chi connectivity index (χ4n) is 1.86. The summed E-state index contributed by atoms with van der Waals surface area (Å²) < 4.78 is 4.67. The van der Waals surface area contributed by atoms with E-state index in [1.54, 1.807) is 5.38 Å². The monoisotopic (exact) mass is 271 g/mol. The summed E-state index contributed by atoms with van der Waals surface area (Å²) in [5.74, 6) is -0.381. The Balaban J connectivity index is 2.82. The SMILES string of the molecule is CCN(c1nc(C(=O)OC)cs1)C(C)CN(C)C. The molecular weight excluding hydrogens is 250 g/mol. The van der Waals surface area contributed by atoms with Gasteiger partial charge in [-0.15, -0.1) is 11.3 Å². The standard InChI is InChI=1S/C12H21N3O2S/c1-6-15(9(2)7-14(3)4)12-13-10(8-18-12)11(16)17-5/h8-9H,6-7H2,1-5H3. The number of carbonyl (C=O) groups excluding carboxylic acids is 1. The molecule has 0 saturated carbocycles. The minimum absolute atomic E-state index is 0.349. The highest BCUT2D eigenvalue weighted by Crippen LogP contribution is 2.23. The Morgan fingerprint density at radius 1 is 1.56 bits per heavy atom. The van der Waals surface area contributed by atoms with Crippen LogP contribution < -0.4 is 4.90 Å². The molecule has 0 saturated heterocycles. The molecule has 0 N–H and O–H groups in total. The van der Waals surface area contributed by atoms with Crippen molar-refractivity contribution in [3.63, 3.8) is 0 Å². The highest BCUT2D eigenvalue weighted by atomic mass is 32.1. The molecule has 0 aliphatic carbocycles. The third-order valence-corrected chi connectivity index (χ3v) is 3.51. The van der Waals surface area contributed by atoms with Gasteiger partial charge in [0.15, 0.2) is 10.8 Å². The molecule has 1 atom stereocenters. The molecule has 0 bridgehead atoms. The van der Waals surface area contributed by atoms with E-state index in [4.69, 9.17) is 0 Å². The summed E-state index contributed by atoms with van der Waals surface area (Å²) >= 11 is 1.48. The van der Waals surface area contributed by atoms with E-state index in [1.807, 2.05) is 14.1 Å². The lowest BCUT2D eigenvalue weighted by Gasteiger charge is -2.29. The highest BCUT2D eigenvalue weighted by Gasteiger charge is 2.19. The fraction of sp³-hybridized carbons (Fsp3) is 0.667. The van der Waals surface area contributed by atoms with Crippen LogP contribution in [0.25, 0.3) is 0 Å². The molecule has 0 aliphatic heterocycles. The van der Waals surface area contributed by atoms with Crippen molar-refractivity contribution in [2.24, 2.45) is 0 Å². The Morgan fingerprint density at radius 3 is 2.72 bits per heavy atom. The molecule has 1 aromatic heterocycles. The number of nitrogens with zero attached hydrogens (tertiary/aromatic N) is 3. The minimum atomic E-state index is -0.381. The van der Waals surface area contributed by atoms with Crippen molar-refractivity contribution >= 4 is 22.4 Å². The fourth-order valence-corrected chi connectivity index (χ4v) is 2.82. The summed E-state index contributed by atoms with van der Waals surface area (Å²) in [5.41, 5.74) is 0.382. The van der Waals surface area contributed by atoms with E-state index in [2.05, 4.69) is 33.4 Å². The first-order valence-corrected chi connectivity index (χ1v) is 6.82. The van der Waals surface area contributed by atoms with E-state index in [0.29, 0.717) is 11.7 Å². The van der Waals surface area contributed by atoms with E-state index in [1.165, 1.54) is 18.4 Å². The highest BCUT2D eigenvalue weighted by molar-refractivity contribution is 7.13. The largest absolute Gasteiger partial charge is 0.464 e. The second-order valence-corrected chi connectivity index (χ2v) is 5.24. The second kappa shape index (κ2) is 6.70. The molecule has 6 heteroatoms. The predicted molar refractivity (Wildman–Crippen MR) is 74.5 cm³/mol. The van der Waals surface area contributed by atoms with Crippen LogP contribution in [0.2, 0.25) is 0 Å². The lowest BCUT2D eigenvalue weighted by Crippen LogP contribution is -2.40. The van der Waals surface area contributed by atoms with Crippen LogP contribution in [0.1, 0.15) is 24.3 Å². The van der Waals surface area contributed by atoms with Crippen LogP contribution >= 0.6 is 11.3 Å². The molecule has 1 rings (SSSR count). The Labute approximate surface area is 112 Å². The third kappa shape index (κ3) is 3.68. The molecule has 0 amide bonds. The zero-order valence-electron chi connectivity index (χ0n) is 11.6. The van der Waals surface area contributed by atoms with E-state index in [9.17, 15) is 4.79 Å². The van der Waals surface area contributed by atoms with Gasteiger partial charge in [0.05, 0.1) is 7.11 Å². The van der Waals surface area contributed by atoms with Crippen molar-refractivity contribution in [1.29, 1.82) is 0 Å². The van der Waals surface area contributed by atoms with Gasteiger partial charge in [0.2, 0.25) is 0 Å². The number of likely N-dealkylation sites (N-methyl/N-ethyl adjacent to an activating group) is 2. The van der Waals surface area contributed by atoms with Gasteiger partial charge < -0.3 is 14.5 Å². The summed E-state index contributed by atoms with van der Waals surface area (Å²) in [5, 5.41) is 2.61. The average Bonchev–Trinajstić information content (AvgIpc) is 2.77. The van der Waals surface area contributed by atoms with Crippen LogP contribution in [-0.2, 0) is 4.74 Å². The molecule has 5 nitrogen and oxygen atoms in total. The van der Waals surface area contributed by atoms with Gasteiger partial charge in [-0.2, -0.15) is 0 Å². The number of anilines is 1. The van der Waals surface area contributed by atoms with Crippen molar-refractivity contribution < 1.29 is 9.53 Å². The molecule has 0 aliphatic rings. The molecule has 0 aromatic carbocycles. The maximum atomic E-state index is 11.4. The van der Waals surface area contributed by atoms with Crippen molar-refractivity contribution in [2.75, 3.05) is 39.2 Å². The summed E-state index contributed by atoms with van der Waals surface area (Å²) in [6, 6.07) is 0.349. The number of methoxy groups -OCH3 is 1. The minimum Gasteiger partial charge on any atom is -0.464 e. The van der Waals surface area contributed by atoms with Gasteiger partial charge in [-0.25, -0.2) is 9.78 Å². The van der Waals surface area contributed by atoms with Crippen LogP contribution in [0.15, 0.2) is 5.38 Å². The third-order valence-electron chi connectivity index (χ3n) is 2.63. The summed E-state index contributed by atoms with van der Waals surface area (Å²) in [4.78, 5) is 20.0. The number of thiazole rings is 1. The molecule has 0 fully saturated rings. The number of ether oxygens (including phenoxy) is 1. The Bertz CT molecular complexity index is 392. The van der Waals surface area contributed by atoms with Gasteiger partial charge in [0, 0.05) is 24.5 Å². The smallest absolute Gasteiger partial charge is 0.357 e. The number of esters is 1. The number of hydrogen-bond acceptors (Lipinski definition) is 6. The summed E-state index contributed by atoms with van der Waals surface area (Å²) in [6.07, 6.45) is 0. The van der Waals surface area contributed by atoms with Crippen LogP contribution in [0.4, 0.5) is 5.13 Å². The Kier molecular flexibility index (Phi) is 5.55. The van der Waals surface area contributed by atoms with Crippen LogP contribution in [0, 0.1) is 0 Å². The van der Waals surface area contributed by atoms with Crippen molar-refractivity contribution in [3.8, 4) is 0 Å². The van der Waals surface area contributed by atoms with Gasteiger partial charge in [-0.1, -0.05) is 0 Å². The van der Waals surface area contributed by atoms with E-state index in [0.717, 1.165) is 18.2 Å². The van der Waals surface area contributed by atoms with Crippen LogP contribution in [0.5, 0.6) is 0 Å². The number of carbonyl (C=O) groups is 1. The maximum absolute atomic E-state index is 11.4. The van der Waals surface area contributed by atoms with Crippen molar-refractivity contribution in [1.82, 2.24) is 9.88 Å². The molecule has 102 valence electrons. The number of hydrogen-bond donors (Lipinski definition) is 0. The van der Waals surface area contributed by atoms with Crippen LogP contribution in [-0.4, -0.2) is 56.2 Å². The Hall–Kier alpha value is -1.14. The molecule has 0 radical (unpaired) electrons. The zero-order chi connectivity index (χ0) is 13.7. The van der Waals surface area contributed by atoms with Crippen molar-refractivity contribution in [2.45, 2.75) is 19.9 Å². The topological polar surface area (TPSA) is 45.7 Å². The number of aromatic nitrogens is 1. The lowest BCUT2D eigenvalue weighted by atomic mass is 10.3. The molecule has 18 heavy (non-hydrogen) atoms. The first-order valence-electron chi connectivity index (χ1n) is 5.94. The van der Waals surface area contributed by atoms with Crippen molar-refractivity contribution in [3.05, 3.63) is 11.1 Å². The molecule has 1 unspecified atom stereocenters. The summed E-state index contributed by atoms with van der Waals surface area (Å²) in [6.45, 7) is 6.05. The predicted octanol–water partition coefficient (Wildman–Crippen LogP) is 1.71. The van der Waals surface area contributed by atoms with Gasteiger partial charge in [0.25, 0.3) is 0 Å². The normalized spacial score (nSPS) is 12.6. The Morgan fingerprint density at radius 2 is 2.22 bits per heavy atom. The van der Waals surface area contributed by atoms with Gasteiger partial charge in [-0.05, 0) is 27.9 Å². The molecule has 1 aromatic rings. The molecule has 1 heterocycles. The first kappa shape index (κ1) is 14.9. The van der Waals surface area contributed by atoms with E-state index in [-0.39, 0.29) is 5.97 Å². The zero-order valence-corrected chi connectivity index (χ0v) is 12.5. The lowest BCUT2D eigenvalue weighted by molar-refractivity contribution is 0.0595. The molecule has 0 spiro atoms. The van der Waals surface area contributed by atoms with Crippen LogP contribution in [0.3, 0.4) is 0 Å². The van der Waals surface area contributed by atoms with Gasteiger partial charge in [0.1, 0.15) is 0 Å². The molecular formula is C12H21N3O2S. The average molecular weight is 271 g/mol. The van der Waals surface area contributed by atoms with E-state index < -0.39 is 0 Å².